The second-order valence-corrected chi connectivity index (χ2v) is 8.00. The van der Waals surface area contributed by atoms with Crippen LogP contribution in [0.1, 0.15) is 28.9 Å². The Hall–Kier alpha value is -2.56. The lowest BCUT2D eigenvalue weighted by Gasteiger charge is -2.25. The molecule has 2 aromatic rings. The second kappa shape index (κ2) is 8.85. The number of aromatic nitrogens is 1. The van der Waals surface area contributed by atoms with Gasteiger partial charge in [0.1, 0.15) is 5.69 Å². The number of thiazole rings is 1. The number of nitro benzene ring substituents is 1. The van der Waals surface area contributed by atoms with Crippen molar-refractivity contribution in [3.63, 3.8) is 0 Å². The van der Waals surface area contributed by atoms with Crippen LogP contribution in [0.5, 0.6) is 0 Å². The zero-order chi connectivity index (χ0) is 20.2. The Morgan fingerprint density at radius 2 is 2.00 bits per heavy atom. The highest BCUT2D eigenvalue weighted by molar-refractivity contribution is 7.14. The summed E-state index contributed by atoms with van der Waals surface area (Å²) in [6.45, 7) is 5.50. The van der Waals surface area contributed by atoms with Gasteiger partial charge < -0.3 is 9.64 Å². The molecule has 0 aliphatic carbocycles. The molecule has 0 bridgehead atoms. The lowest BCUT2D eigenvalue weighted by Crippen LogP contribution is -2.35. The smallest absolute Gasteiger partial charge is 0.293 e. The molecule has 29 heavy (non-hydrogen) atoms. The lowest BCUT2D eigenvalue weighted by atomic mass is 10.1. The van der Waals surface area contributed by atoms with Crippen LogP contribution in [0.4, 0.5) is 16.5 Å². The third-order valence-corrected chi connectivity index (χ3v) is 5.95. The number of morpholine rings is 1. The van der Waals surface area contributed by atoms with Gasteiger partial charge in [-0.05, 0) is 25.0 Å². The molecule has 2 fully saturated rings. The van der Waals surface area contributed by atoms with Crippen LogP contribution in [-0.2, 0) is 11.3 Å². The molecule has 0 saturated carbocycles. The van der Waals surface area contributed by atoms with Gasteiger partial charge in [0.15, 0.2) is 5.13 Å². The summed E-state index contributed by atoms with van der Waals surface area (Å²) in [6.07, 6.45) is 2.05. The van der Waals surface area contributed by atoms with Gasteiger partial charge in [-0.2, -0.15) is 0 Å². The predicted octanol–water partition coefficient (Wildman–Crippen LogP) is 2.74. The fraction of sp³-hybridized carbons (Fsp3) is 0.474. The van der Waals surface area contributed by atoms with Crippen molar-refractivity contribution in [3.05, 3.63) is 45.0 Å². The second-order valence-electron chi connectivity index (χ2n) is 7.14. The molecule has 10 heteroatoms. The van der Waals surface area contributed by atoms with Crippen molar-refractivity contribution in [1.29, 1.82) is 0 Å². The first-order chi connectivity index (χ1) is 14.1. The van der Waals surface area contributed by atoms with E-state index in [9.17, 15) is 14.9 Å². The highest BCUT2D eigenvalue weighted by atomic mass is 32.1. The van der Waals surface area contributed by atoms with Crippen molar-refractivity contribution in [3.8, 4) is 0 Å². The molecule has 0 unspecified atom stereocenters. The van der Waals surface area contributed by atoms with Crippen LogP contribution in [-0.4, -0.2) is 60.1 Å². The molecule has 1 amide bonds. The first-order valence-electron chi connectivity index (χ1n) is 9.69. The van der Waals surface area contributed by atoms with Crippen molar-refractivity contribution >= 4 is 33.8 Å². The number of amides is 1. The number of carbonyl (C=O) groups is 1. The van der Waals surface area contributed by atoms with E-state index in [1.54, 1.807) is 12.1 Å². The number of anilines is 2. The van der Waals surface area contributed by atoms with Gasteiger partial charge in [-0.3, -0.25) is 25.1 Å². The van der Waals surface area contributed by atoms with Crippen LogP contribution in [0.2, 0.25) is 0 Å². The Bertz CT molecular complexity index is 890. The fourth-order valence-electron chi connectivity index (χ4n) is 3.63. The fourth-order valence-corrected chi connectivity index (χ4v) is 4.33. The molecule has 2 aliphatic heterocycles. The molecule has 0 spiro atoms. The number of rotatable bonds is 6. The summed E-state index contributed by atoms with van der Waals surface area (Å²) in [6, 6.07) is 4.66. The van der Waals surface area contributed by atoms with E-state index in [2.05, 4.69) is 15.2 Å². The Labute approximate surface area is 172 Å². The minimum absolute atomic E-state index is 0.0355. The number of carbonyl (C=O) groups excluding carboxylic acids is 1. The van der Waals surface area contributed by atoms with Gasteiger partial charge in [0, 0.05) is 49.7 Å². The molecule has 3 heterocycles. The van der Waals surface area contributed by atoms with Gasteiger partial charge in [0.25, 0.3) is 11.6 Å². The predicted molar refractivity (Wildman–Crippen MR) is 111 cm³/mol. The van der Waals surface area contributed by atoms with Gasteiger partial charge in [0.05, 0.1) is 23.8 Å². The Morgan fingerprint density at radius 1 is 1.24 bits per heavy atom. The number of benzene rings is 1. The van der Waals surface area contributed by atoms with Crippen LogP contribution < -0.4 is 10.2 Å². The van der Waals surface area contributed by atoms with Crippen LogP contribution in [0.3, 0.4) is 0 Å². The zero-order valence-corrected chi connectivity index (χ0v) is 16.8. The number of nitro groups is 1. The van der Waals surface area contributed by atoms with E-state index >= 15 is 0 Å². The molecule has 9 nitrogen and oxygen atoms in total. The monoisotopic (exact) mass is 417 g/mol. The number of hydrogen-bond acceptors (Lipinski definition) is 8. The molecule has 1 N–H and O–H groups in total. The quantitative estimate of drug-likeness (QED) is 0.570. The van der Waals surface area contributed by atoms with E-state index in [0.717, 1.165) is 57.9 Å². The minimum atomic E-state index is -0.422. The molecule has 0 atom stereocenters. The van der Waals surface area contributed by atoms with E-state index < -0.39 is 10.8 Å². The highest BCUT2D eigenvalue weighted by Crippen LogP contribution is 2.32. The van der Waals surface area contributed by atoms with Gasteiger partial charge >= 0.3 is 0 Å². The molecule has 1 aromatic carbocycles. The highest BCUT2D eigenvalue weighted by Gasteiger charge is 2.24. The van der Waals surface area contributed by atoms with Gasteiger partial charge in [0.2, 0.25) is 0 Å². The molecule has 1 aromatic heterocycles. The average Bonchev–Trinajstić information content (AvgIpc) is 3.40. The van der Waals surface area contributed by atoms with E-state index in [0.29, 0.717) is 17.4 Å². The SMILES string of the molecule is O=C(Nc1nc(CN2CCOCC2)cs1)c1ccc(N2CCCC2)c([N+](=O)[O-])c1. The van der Waals surface area contributed by atoms with Crippen LogP contribution in [0, 0.1) is 10.1 Å². The van der Waals surface area contributed by atoms with Crippen molar-refractivity contribution in [2.24, 2.45) is 0 Å². The number of nitrogens with zero attached hydrogens (tertiary/aromatic N) is 4. The molecule has 154 valence electrons. The topological polar surface area (TPSA) is 101 Å². The van der Waals surface area contributed by atoms with Crippen molar-refractivity contribution in [1.82, 2.24) is 9.88 Å². The first kappa shape index (κ1) is 19.7. The maximum atomic E-state index is 12.6. The largest absolute Gasteiger partial charge is 0.379 e. The molecule has 2 aliphatic rings. The van der Waals surface area contributed by atoms with Crippen LogP contribution >= 0.6 is 11.3 Å². The van der Waals surface area contributed by atoms with Crippen LogP contribution in [0.15, 0.2) is 23.6 Å². The standard InChI is InChI=1S/C19H23N5O4S/c25-18(21-19-20-15(13-29-19)12-22-7-9-28-10-8-22)14-3-4-16(17(11-14)24(26)27)23-5-1-2-6-23/h3-4,11,13H,1-2,5-10,12H2,(H,20,21,25). The molecule has 0 radical (unpaired) electrons. The maximum absolute atomic E-state index is 12.6. The molecule has 4 rings (SSSR count). The Kier molecular flexibility index (Phi) is 6.02. The summed E-state index contributed by atoms with van der Waals surface area (Å²) in [7, 11) is 0. The summed E-state index contributed by atoms with van der Waals surface area (Å²) < 4.78 is 5.34. The van der Waals surface area contributed by atoms with Gasteiger partial charge in [-0.15, -0.1) is 11.3 Å². The minimum Gasteiger partial charge on any atom is -0.379 e. The Balaban J connectivity index is 1.44. The summed E-state index contributed by atoms with van der Waals surface area (Å²) >= 11 is 1.35. The number of nitrogens with one attached hydrogen (secondary N) is 1. The van der Waals surface area contributed by atoms with E-state index in [1.165, 1.54) is 17.4 Å². The van der Waals surface area contributed by atoms with E-state index in [-0.39, 0.29) is 11.3 Å². The Morgan fingerprint density at radius 3 is 2.72 bits per heavy atom. The lowest BCUT2D eigenvalue weighted by molar-refractivity contribution is -0.384. The summed E-state index contributed by atoms with van der Waals surface area (Å²) in [4.78, 5) is 32.4. The van der Waals surface area contributed by atoms with Crippen molar-refractivity contribution in [2.75, 3.05) is 49.6 Å². The molecular weight excluding hydrogens is 394 g/mol. The number of ether oxygens (including phenoxy) is 1. The maximum Gasteiger partial charge on any atom is 0.293 e. The summed E-state index contributed by atoms with van der Waals surface area (Å²) in [5.74, 6) is -0.395. The van der Waals surface area contributed by atoms with Gasteiger partial charge in [-0.25, -0.2) is 4.98 Å². The third kappa shape index (κ3) is 4.72. The summed E-state index contributed by atoms with van der Waals surface area (Å²) in [5.41, 5.74) is 1.69. The zero-order valence-electron chi connectivity index (χ0n) is 16.0. The normalized spacial score (nSPS) is 17.4. The van der Waals surface area contributed by atoms with E-state index in [4.69, 9.17) is 4.74 Å². The number of hydrogen-bond donors (Lipinski definition) is 1. The third-order valence-electron chi connectivity index (χ3n) is 5.14. The molecular formula is C19H23N5O4S. The van der Waals surface area contributed by atoms with Crippen LogP contribution in [0.25, 0.3) is 0 Å². The van der Waals surface area contributed by atoms with E-state index in [1.807, 2.05) is 10.3 Å². The van der Waals surface area contributed by atoms with Gasteiger partial charge in [-0.1, -0.05) is 0 Å². The van der Waals surface area contributed by atoms with Crippen molar-refractivity contribution < 1.29 is 14.5 Å². The summed E-state index contributed by atoms with van der Waals surface area (Å²) in [5, 5.41) is 16.7. The molecule has 2 saturated heterocycles. The first-order valence-corrected chi connectivity index (χ1v) is 10.6. The average molecular weight is 417 g/mol. The van der Waals surface area contributed by atoms with Crippen molar-refractivity contribution in [2.45, 2.75) is 19.4 Å².